The number of pyridine rings is 1. The number of hydrogen-bond donors (Lipinski definition) is 2. The SMILES string of the molecule is COCC(O)c1ccc(NC(=O)C2CC(C)C(C)(C(F)(F)F)O2)cn1. The molecule has 1 aliphatic heterocycles. The molecule has 25 heavy (non-hydrogen) atoms. The fraction of sp³-hybridized carbons (Fsp3) is 0.625. The highest BCUT2D eigenvalue weighted by atomic mass is 19.4. The third-order valence-electron chi connectivity index (χ3n) is 4.47. The van der Waals surface area contributed by atoms with Crippen molar-refractivity contribution >= 4 is 11.6 Å². The van der Waals surface area contributed by atoms with Gasteiger partial charge in [-0.05, 0) is 31.4 Å². The first-order chi connectivity index (χ1) is 11.6. The molecule has 1 aliphatic rings. The summed E-state index contributed by atoms with van der Waals surface area (Å²) in [6, 6.07) is 3.00. The van der Waals surface area contributed by atoms with Gasteiger partial charge < -0.3 is 19.9 Å². The molecule has 2 rings (SSSR count). The van der Waals surface area contributed by atoms with Crippen molar-refractivity contribution in [3.8, 4) is 0 Å². The number of carbonyl (C=O) groups is 1. The number of rotatable bonds is 5. The summed E-state index contributed by atoms with van der Waals surface area (Å²) in [4.78, 5) is 16.2. The van der Waals surface area contributed by atoms with Crippen molar-refractivity contribution in [3.05, 3.63) is 24.0 Å². The zero-order valence-electron chi connectivity index (χ0n) is 14.1. The van der Waals surface area contributed by atoms with Crippen LogP contribution in [0, 0.1) is 5.92 Å². The molecule has 2 N–H and O–H groups in total. The van der Waals surface area contributed by atoms with Gasteiger partial charge in [-0.25, -0.2) is 0 Å². The molecule has 0 spiro atoms. The van der Waals surface area contributed by atoms with Gasteiger partial charge in [0, 0.05) is 7.11 Å². The van der Waals surface area contributed by atoms with Gasteiger partial charge in [0.15, 0.2) is 5.60 Å². The molecule has 0 radical (unpaired) electrons. The van der Waals surface area contributed by atoms with Crippen molar-refractivity contribution in [3.63, 3.8) is 0 Å². The van der Waals surface area contributed by atoms with Crippen LogP contribution in [0.2, 0.25) is 0 Å². The van der Waals surface area contributed by atoms with Gasteiger partial charge in [-0.15, -0.1) is 0 Å². The average molecular weight is 362 g/mol. The summed E-state index contributed by atoms with van der Waals surface area (Å²) in [6.45, 7) is 2.44. The number of aliphatic hydroxyl groups is 1. The molecule has 140 valence electrons. The number of hydrogen-bond acceptors (Lipinski definition) is 5. The zero-order chi connectivity index (χ0) is 18.8. The predicted molar refractivity (Wildman–Crippen MR) is 82.8 cm³/mol. The number of ether oxygens (including phenoxy) is 2. The number of halogens is 3. The van der Waals surface area contributed by atoms with Gasteiger partial charge in [-0.1, -0.05) is 6.92 Å². The van der Waals surface area contributed by atoms with Gasteiger partial charge in [-0.3, -0.25) is 9.78 Å². The summed E-state index contributed by atoms with van der Waals surface area (Å²) >= 11 is 0. The van der Waals surface area contributed by atoms with E-state index < -0.39 is 35.8 Å². The molecule has 9 heteroatoms. The maximum Gasteiger partial charge on any atom is 0.417 e. The first-order valence-electron chi connectivity index (χ1n) is 7.77. The van der Waals surface area contributed by atoms with Crippen molar-refractivity contribution < 1.29 is 32.5 Å². The van der Waals surface area contributed by atoms with Gasteiger partial charge in [0.25, 0.3) is 5.91 Å². The number of anilines is 1. The lowest BCUT2D eigenvalue weighted by Gasteiger charge is -2.30. The highest BCUT2D eigenvalue weighted by Crippen LogP contribution is 2.46. The van der Waals surface area contributed by atoms with E-state index in [-0.39, 0.29) is 13.0 Å². The molecule has 0 aliphatic carbocycles. The van der Waals surface area contributed by atoms with Crippen molar-refractivity contribution in [2.75, 3.05) is 19.0 Å². The smallest absolute Gasteiger partial charge is 0.384 e. The van der Waals surface area contributed by atoms with Crippen LogP contribution in [0.5, 0.6) is 0 Å². The fourth-order valence-electron chi connectivity index (χ4n) is 2.65. The Morgan fingerprint density at radius 1 is 1.56 bits per heavy atom. The van der Waals surface area contributed by atoms with E-state index >= 15 is 0 Å². The summed E-state index contributed by atoms with van der Waals surface area (Å²) in [5.41, 5.74) is -1.69. The van der Waals surface area contributed by atoms with Gasteiger partial charge in [0.2, 0.25) is 0 Å². The molecule has 6 nitrogen and oxygen atoms in total. The van der Waals surface area contributed by atoms with Crippen molar-refractivity contribution in [2.24, 2.45) is 5.92 Å². The topological polar surface area (TPSA) is 80.7 Å². The van der Waals surface area contributed by atoms with E-state index in [1.807, 2.05) is 0 Å². The van der Waals surface area contributed by atoms with Gasteiger partial charge in [0.1, 0.15) is 12.2 Å². The second kappa shape index (κ2) is 7.27. The Bertz CT molecular complexity index is 608. The van der Waals surface area contributed by atoms with Gasteiger partial charge in [-0.2, -0.15) is 13.2 Å². The van der Waals surface area contributed by atoms with Crippen LogP contribution in [0.4, 0.5) is 18.9 Å². The third kappa shape index (κ3) is 4.10. The Labute approximate surface area is 143 Å². The Morgan fingerprint density at radius 3 is 2.72 bits per heavy atom. The summed E-state index contributed by atoms with van der Waals surface area (Å²) in [5.74, 6) is -1.50. The molecule has 4 atom stereocenters. The number of aromatic nitrogens is 1. The molecular weight excluding hydrogens is 341 g/mol. The number of methoxy groups -OCH3 is 1. The van der Waals surface area contributed by atoms with Crippen molar-refractivity contribution in [1.82, 2.24) is 4.98 Å². The molecule has 1 aromatic rings. The lowest BCUT2D eigenvalue weighted by molar-refractivity contribution is -0.272. The average Bonchev–Trinajstić information content (AvgIpc) is 2.85. The Morgan fingerprint density at radius 2 is 2.24 bits per heavy atom. The maximum absolute atomic E-state index is 13.1. The van der Waals surface area contributed by atoms with Crippen LogP contribution in [0.15, 0.2) is 18.3 Å². The Hall–Kier alpha value is -1.71. The van der Waals surface area contributed by atoms with E-state index in [2.05, 4.69) is 10.3 Å². The zero-order valence-corrected chi connectivity index (χ0v) is 14.1. The summed E-state index contributed by atoms with van der Waals surface area (Å²) in [6.07, 6.45) is -5.36. The quantitative estimate of drug-likeness (QED) is 0.841. The highest BCUT2D eigenvalue weighted by molar-refractivity contribution is 5.94. The molecule has 2 heterocycles. The van der Waals surface area contributed by atoms with Crippen molar-refractivity contribution in [1.29, 1.82) is 0 Å². The number of nitrogens with one attached hydrogen (secondary N) is 1. The summed E-state index contributed by atoms with van der Waals surface area (Å²) in [5, 5.41) is 12.2. The van der Waals surface area contributed by atoms with Crippen LogP contribution in [0.3, 0.4) is 0 Å². The number of nitrogens with zero attached hydrogens (tertiary/aromatic N) is 1. The van der Waals surface area contributed by atoms with Crippen LogP contribution >= 0.6 is 0 Å². The number of amides is 1. The summed E-state index contributed by atoms with van der Waals surface area (Å²) in [7, 11) is 1.44. The van der Waals surface area contributed by atoms with Crippen LogP contribution < -0.4 is 5.32 Å². The van der Waals surface area contributed by atoms with Crippen LogP contribution in [-0.4, -0.2) is 47.6 Å². The monoisotopic (exact) mass is 362 g/mol. The molecule has 0 aromatic carbocycles. The Balaban J connectivity index is 2.01. The second-order valence-corrected chi connectivity index (χ2v) is 6.28. The van der Waals surface area contributed by atoms with E-state index in [0.717, 1.165) is 6.92 Å². The molecule has 1 saturated heterocycles. The van der Waals surface area contributed by atoms with E-state index in [9.17, 15) is 23.1 Å². The Kier molecular flexibility index (Phi) is 5.70. The van der Waals surface area contributed by atoms with Crippen LogP contribution in [-0.2, 0) is 14.3 Å². The molecule has 0 bridgehead atoms. The van der Waals surface area contributed by atoms with E-state index in [1.165, 1.54) is 32.4 Å². The standard InChI is InChI=1S/C16H21F3N2O4/c1-9-6-13(25-15(9,2)16(17,18)19)14(23)21-10-4-5-11(20-7-10)12(22)8-24-3/h4-5,7,9,12-13,22H,6,8H2,1-3H3,(H,21,23). The lowest BCUT2D eigenvalue weighted by atomic mass is 9.89. The molecular formula is C16H21F3N2O4. The van der Waals surface area contributed by atoms with Crippen LogP contribution in [0.1, 0.15) is 32.1 Å². The number of aliphatic hydroxyl groups excluding tert-OH is 1. The van der Waals surface area contributed by atoms with Crippen LogP contribution in [0.25, 0.3) is 0 Å². The molecule has 1 fully saturated rings. The summed E-state index contributed by atoms with van der Waals surface area (Å²) < 4.78 is 49.3. The second-order valence-electron chi connectivity index (χ2n) is 6.28. The van der Waals surface area contributed by atoms with Crippen molar-refractivity contribution in [2.45, 2.75) is 44.3 Å². The van der Waals surface area contributed by atoms with E-state index in [0.29, 0.717) is 11.4 Å². The van der Waals surface area contributed by atoms with Gasteiger partial charge >= 0.3 is 6.18 Å². The molecule has 1 amide bonds. The van der Waals surface area contributed by atoms with E-state index in [1.54, 1.807) is 0 Å². The minimum Gasteiger partial charge on any atom is -0.384 e. The first kappa shape index (κ1) is 19.6. The number of carbonyl (C=O) groups excluding carboxylic acids is 1. The predicted octanol–water partition coefficient (Wildman–Crippen LogP) is 2.45. The molecule has 0 saturated carbocycles. The maximum atomic E-state index is 13.1. The normalized spacial score (nSPS) is 28.0. The fourth-order valence-corrected chi connectivity index (χ4v) is 2.65. The van der Waals surface area contributed by atoms with Gasteiger partial charge in [0.05, 0.1) is 24.2 Å². The minimum atomic E-state index is -4.55. The minimum absolute atomic E-state index is 0.0279. The number of alkyl halides is 3. The molecule has 4 unspecified atom stereocenters. The largest absolute Gasteiger partial charge is 0.417 e. The van der Waals surface area contributed by atoms with E-state index in [4.69, 9.17) is 9.47 Å². The molecule has 1 aromatic heterocycles. The first-order valence-corrected chi connectivity index (χ1v) is 7.77. The lowest BCUT2D eigenvalue weighted by Crippen LogP contribution is -2.47. The highest BCUT2D eigenvalue weighted by Gasteiger charge is 2.61. The third-order valence-corrected chi connectivity index (χ3v) is 4.47.